The van der Waals surface area contributed by atoms with E-state index >= 15 is 0 Å². The van der Waals surface area contributed by atoms with Gasteiger partial charge in [0.15, 0.2) is 0 Å². The topological polar surface area (TPSA) is 69.0 Å². The number of hydrogen-bond donors (Lipinski definition) is 1. The highest BCUT2D eigenvalue weighted by molar-refractivity contribution is 5.89. The quantitative estimate of drug-likeness (QED) is 0.287. The van der Waals surface area contributed by atoms with Crippen LogP contribution in [0, 0.1) is 6.92 Å². The predicted molar refractivity (Wildman–Crippen MR) is 157 cm³/mol. The van der Waals surface area contributed by atoms with Crippen LogP contribution in [0.25, 0.3) is 0 Å². The maximum absolute atomic E-state index is 13.3. The average Bonchev–Trinajstić information content (AvgIpc) is 3.50. The molecular weight excluding hydrogens is 500 g/mol. The van der Waals surface area contributed by atoms with Crippen molar-refractivity contribution in [3.8, 4) is 0 Å². The van der Waals surface area contributed by atoms with Crippen molar-refractivity contribution in [2.75, 3.05) is 38.0 Å². The van der Waals surface area contributed by atoms with Gasteiger partial charge in [0, 0.05) is 44.8 Å². The SMILES string of the molecule is Cc1cccc(NC(=O)N(CCC(=O)N2CCN(C(c3ccccc3)c3ccccc3)CC2)Cc2ccco2)c1. The molecule has 0 aliphatic carbocycles. The van der Waals surface area contributed by atoms with Gasteiger partial charge in [0.1, 0.15) is 5.76 Å². The summed E-state index contributed by atoms with van der Waals surface area (Å²) in [5.74, 6) is 0.733. The Morgan fingerprint density at radius 1 is 0.850 bits per heavy atom. The van der Waals surface area contributed by atoms with Crippen LogP contribution in [0.4, 0.5) is 10.5 Å². The van der Waals surface area contributed by atoms with Gasteiger partial charge in [-0.1, -0.05) is 72.8 Å². The molecule has 206 valence electrons. The van der Waals surface area contributed by atoms with E-state index in [4.69, 9.17) is 4.42 Å². The Morgan fingerprint density at radius 2 is 1.52 bits per heavy atom. The maximum atomic E-state index is 13.3. The molecule has 0 spiro atoms. The molecule has 7 heteroatoms. The lowest BCUT2D eigenvalue weighted by molar-refractivity contribution is -0.133. The van der Waals surface area contributed by atoms with Crippen LogP contribution in [0.15, 0.2) is 108 Å². The molecule has 3 amide bonds. The number of nitrogens with one attached hydrogen (secondary N) is 1. The summed E-state index contributed by atoms with van der Waals surface area (Å²) in [6, 6.07) is 32.3. The van der Waals surface area contributed by atoms with Crippen LogP contribution in [0.1, 0.15) is 34.9 Å². The molecule has 1 N–H and O–H groups in total. The fourth-order valence-electron chi connectivity index (χ4n) is 5.27. The van der Waals surface area contributed by atoms with Gasteiger partial charge in [-0.25, -0.2) is 4.79 Å². The number of hydrogen-bond acceptors (Lipinski definition) is 4. The average molecular weight is 537 g/mol. The Kier molecular flexibility index (Phi) is 8.93. The number of furan rings is 1. The first-order valence-corrected chi connectivity index (χ1v) is 13.8. The number of carbonyl (C=O) groups excluding carboxylic acids is 2. The molecule has 4 aromatic rings. The first-order valence-electron chi connectivity index (χ1n) is 13.8. The van der Waals surface area contributed by atoms with E-state index < -0.39 is 0 Å². The van der Waals surface area contributed by atoms with Gasteiger partial charge in [0.25, 0.3) is 0 Å². The second-order valence-electron chi connectivity index (χ2n) is 10.2. The van der Waals surface area contributed by atoms with Gasteiger partial charge in [0.05, 0.1) is 18.8 Å². The molecule has 0 bridgehead atoms. The zero-order valence-corrected chi connectivity index (χ0v) is 22.9. The number of urea groups is 1. The van der Waals surface area contributed by atoms with Gasteiger partial charge in [-0.15, -0.1) is 0 Å². The van der Waals surface area contributed by atoms with Gasteiger partial charge in [-0.2, -0.15) is 0 Å². The van der Waals surface area contributed by atoms with Crippen LogP contribution in [-0.4, -0.2) is 59.4 Å². The lowest BCUT2D eigenvalue weighted by atomic mass is 9.96. The molecule has 0 atom stereocenters. The molecule has 40 heavy (non-hydrogen) atoms. The zero-order valence-electron chi connectivity index (χ0n) is 22.9. The van der Waals surface area contributed by atoms with E-state index in [1.165, 1.54) is 11.1 Å². The summed E-state index contributed by atoms with van der Waals surface area (Å²) in [4.78, 5) is 32.5. The van der Waals surface area contributed by atoms with E-state index in [2.05, 4.69) is 58.7 Å². The van der Waals surface area contributed by atoms with Crippen LogP contribution in [-0.2, 0) is 11.3 Å². The number of benzene rings is 3. The predicted octanol–water partition coefficient (Wildman–Crippen LogP) is 5.95. The second kappa shape index (κ2) is 13.1. The summed E-state index contributed by atoms with van der Waals surface area (Å²) in [6.07, 6.45) is 1.84. The van der Waals surface area contributed by atoms with E-state index in [1.54, 1.807) is 17.2 Å². The van der Waals surface area contributed by atoms with Gasteiger partial charge in [-0.05, 0) is 47.9 Å². The molecule has 1 aliphatic heterocycles. The summed E-state index contributed by atoms with van der Waals surface area (Å²) in [5, 5.41) is 2.96. The Labute approximate surface area is 236 Å². The van der Waals surface area contributed by atoms with Crippen LogP contribution in [0.5, 0.6) is 0 Å². The normalized spacial score (nSPS) is 13.8. The highest BCUT2D eigenvalue weighted by atomic mass is 16.3. The van der Waals surface area contributed by atoms with E-state index in [0.29, 0.717) is 31.9 Å². The Bertz CT molecular complexity index is 1330. The number of rotatable bonds is 9. The lowest BCUT2D eigenvalue weighted by Crippen LogP contribution is -2.50. The first kappa shape index (κ1) is 27.2. The molecule has 1 aliphatic rings. The standard InChI is InChI=1S/C33H36N4O3/c1-26-10-8-15-29(24-26)34-33(39)37(25-30-16-9-23-40-30)18-17-31(38)35-19-21-36(22-20-35)32(27-11-4-2-5-12-27)28-13-6-3-7-14-28/h2-16,23-24,32H,17-22,25H2,1H3,(H,34,39). The largest absolute Gasteiger partial charge is 0.467 e. The van der Waals surface area contributed by atoms with Crippen molar-refractivity contribution in [2.24, 2.45) is 0 Å². The third-order valence-electron chi connectivity index (χ3n) is 7.34. The van der Waals surface area contributed by atoms with Crippen LogP contribution < -0.4 is 5.32 Å². The smallest absolute Gasteiger partial charge is 0.322 e. The second-order valence-corrected chi connectivity index (χ2v) is 10.2. The van der Waals surface area contributed by atoms with Crippen molar-refractivity contribution in [2.45, 2.75) is 25.9 Å². The molecule has 1 aromatic heterocycles. The minimum atomic E-state index is -0.256. The van der Waals surface area contributed by atoms with Crippen LogP contribution in [0.2, 0.25) is 0 Å². The maximum Gasteiger partial charge on any atom is 0.322 e. The Hall–Kier alpha value is -4.36. The molecule has 3 aromatic carbocycles. The highest BCUT2D eigenvalue weighted by Crippen LogP contribution is 2.29. The number of amides is 3. The van der Waals surface area contributed by atoms with Gasteiger partial charge in [0.2, 0.25) is 5.91 Å². The molecule has 0 unspecified atom stereocenters. The number of aryl methyl sites for hydroxylation is 1. The third kappa shape index (κ3) is 6.98. The Morgan fingerprint density at radius 3 is 2.12 bits per heavy atom. The van der Waals surface area contributed by atoms with Crippen LogP contribution in [0.3, 0.4) is 0 Å². The fourth-order valence-corrected chi connectivity index (χ4v) is 5.27. The van der Waals surface area contributed by atoms with Crippen molar-refractivity contribution in [3.63, 3.8) is 0 Å². The van der Waals surface area contributed by atoms with E-state index in [9.17, 15) is 9.59 Å². The minimum Gasteiger partial charge on any atom is -0.467 e. The summed E-state index contributed by atoms with van der Waals surface area (Å²) in [6.45, 7) is 5.45. The monoisotopic (exact) mass is 536 g/mol. The molecule has 7 nitrogen and oxygen atoms in total. The third-order valence-corrected chi connectivity index (χ3v) is 7.34. The van der Waals surface area contributed by atoms with Gasteiger partial charge >= 0.3 is 6.03 Å². The zero-order chi connectivity index (χ0) is 27.7. The number of carbonyl (C=O) groups is 2. The summed E-state index contributed by atoms with van der Waals surface area (Å²) in [7, 11) is 0. The Balaban J connectivity index is 1.20. The van der Waals surface area contributed by atoms with Gasteiger partial charge < -0.3 is 19.5 Å². The van der Waals surface area contributed by atoms with E-state index in [1.807, 2.05) is 54.3 Å². The highest BCUT2D eigenvalue weighted by Gasteiger charge is 2.28. The number of anilines is 1. The summed E-state index contributed by atoms with van der Waals surface area (Å²) >= 11 is 0. The van der Waals surface area contributed by atoms with Crippen molar-refractivity contribution in [1.82, 2.24) is 14.7 Å². The lowest BCUT2D eigenvalue weighted by Gasteiger charge is -2.40. The fraction of sp³-hybridized carbons (Fsp3) is 0.273. The molecular formula is C33H36N4O3. The first-order chi connectivity index (χ1) is 19.6. The van der Waals surface area contributed by atoms with Crippen molar-refractivity contribution >= 4 is 17.6 Å². The molecule has 1 saturated heterocycles. The number of piperazine rings is 1. The van der Waals surface area contributed by atoms with E-state index in [0.717, 1.165) is 24.3 Å². The van der Waals surface area contributed by atoms with Gasteiger partial charge in [-0.3, -0.25) is 9.69 Å². The molecule has 1 fully saturated rings. The van der Waals surface area contributed by atoms with Crippen molar-refractivity contribution in [3.05, 3.63) is 126 Å². The van der Waals surface area contributed by atoms with Crippen LogP contribution >= 0.6 is 0 Å². The molecule has 0 radical (unpaired) electrons. The molecule has 2 heterocycles. The number of nitrogens with zero attached hydrogens (tertiary/aromatic N) is 3. The minimum absolute atomic E-state index is 0.0587. The van der Waals surface area contributed by atoms with Crippen molar-refractivity contribution in [1.29, 1.82) is 0 Å². The molecule has 0 saturated carbocycles. The van der Waals surface area contributed by atoms with Crippen molar-refractivity contribution < 1.29 is 14.0 Å². The summed E-state index contributed by atoms with van der Waals surface area (Å²) in [5.41, 5.74) is 4.29. The molecule has 5 rings (SSSR count). The van der Waals surface area contributed by atoms with E-state index in [-0.39, 0.29) is 24.4 Å². The summed E-state index contributed by atoms with van der Waals surface area (Å²) < 4.78 is 5.49.